The van der Waals surface area contributed by atoms with Gasteiger partial charge in [0.1, 0.15) is 5.69 Å². The molecule has 5 nitrogen and oxygen atoms in total. The summed E-state index contributed by atoms with van der Waals surface area (Å²) in [6.45, 7) is 3.35. The van der Waals surface area contributed by atoms with Gasteiger partial charge in [-0.2, -0.15) is 0 Å². The predicted octanol–water partition coefficient (Wildman–Crippen LogP) is 2.63. The van der Waals surface area contributed by atoms with E-state index in [4.69, 9.17) is 15.2 Å². The molecule has 2 N–H and O–H groups in total. The number of methoxy groups -OCH3 is 1. The second-order valence-electron chi connectivity index (χ2n) is 5.53. The van der Waals surface area contributed by atoms with E-state index in [1.54, 1.807) is 7.11 Å². The van der Waals surface area contributed by atoms with E-state index in [9.17, 15) is 0 Å². The molecule has 1 aliphatic carbocycles. The van der Waals surface area contributed by atoms with Gasteiger partial charge < -0.3 is 15.2 Å². The Morgan fingerprint density at radius 3 is 2.79 bits per heavy atom. The number of rotatable bonds is 6. The van der Waals surface area contributed by atoms with Crippen molar-refractivity contribution in [2.45, 2.75) is 45.1 Å². The summed E-state index contributed by atoms with van der Waals surface area (Å²) in [6, 6.07) is 0.491. The lowest BCUT2D eigenvalue weighted by Crippen LogP contribution is -2.15. The lowest BCUT2D eigenvalue weighted by molar-refractivity contribution is 0.125. The molecule has 1 aliphatic rings. The predicted molar refractivity (Wildman–Crippen MR) is 75.3 cm³/mol. The van der Waals surface area contributed by atoms with Gasteiger partial charge in [-0.05, 0) is 12.8 Å². The Labute approximate surface area is 115 Å². The number of aromatic nitrogens is 2. The maximum Gasteiger partial charge on any atom is 0.256 e. The average molecular weight is 267 g/mol. The van der Waals surface area contributed by atoms with Gasteiger partial charge in [-0.25, -0.2) is 0 Å². The van der Waals surface area contributed by atoms with Crippen molar-refractivity contribution in [2.75, 3.05) is 26.1 Å². The largest absolute Gasteiger partial charge is 0.475 e. The summed E-state index contributed by atoms with van der Waals surface area (Å²) < 4.78 is 12.8. The van der Waals surface area contributed by atoms with Crippen LogP contribution in [0.5, 0.6) is 5.88 Å². The molecule has 0 radical (unpaired) electrons. The topological polar surface area (TPSA) is 62.3 Å². The van der Waals surface area contributed by atoms with Crippen LogP contribution in [-0.4, -0.2) is 30.1 Å². The van der Waals surface area contributed by atoms with Gasteiger partial charge in [-0.1, -0.05) is 26.2 Å². The molecule has 0 aliphatic heterocycles. The van der Waals surface area contributed by atoms with Gasteiger partial charge in [0.15, 0.2) is 0 Å². The zero-order valence-electron chi connectivity index (χ0n) is 12.0. The fourth-order valence-corrected chi connectivity index (χ4v) is 2.59. The van der Waals surface area contributed by atoms with Crippen LogP contribution in [0.1, 0.15) is 45.1 Å². The number of nitrogens with two attached hydrogens (primary N) is 1. The molecular weight excluding hydrogens is 242 g/mol. The first-order chi connectivity index (χ1) is 9.20. The molecule has 1 saturated carbocycles. The third kappa shape index (κ3) is 3.86. The lowest BCUT2D eigenvalue weighted by atomic mass is 9.96. The molecule has 108 valence electrons. The van der Waals surface area contributed by atoms with Gasteiger partial charge in [-0.15, -0.1) is 5.10 Å². The molecule has 0 spiro atoms. The highest BCUT2D eigenvalue weighted by atomic mass is 16.5. The van der Waals surface area contributed by atoms with Crippen molar-refractivity contribution in [3.05, 3.63) is 6.20 Å². The highest BCUT2D eigenvalue weighted by Crippen LogP contribution is 2.30. The quantitative estimate of drug-likeness (QED) is 0.860. The van der Waals surface area contributed by atoms with Crippen LogP contribution in [0.15, 0.2) is 6.20 Å². The van der Waals surface area contributed by atoms with Crippen LogP contribution in [0.25, 0.3) is 0 Å². The fourth-order valence-electron chi connectivity index (χ4n) is 2.59. The van der Waals surface area contributed by atoms with Gasteiger partial charge in [0.25, 0.3) is 5.88 Å². The van der Waals surface area contributed by atoms with Crippen molar-refractivity contribution in [3.63, 3.8) is 0 Å². The monoisotopic (exact) mass is 267 g/mol. The minimum absolute atomic E-state index is 0.337. The molecule has 1 fully saturated rings. The van der Waals surface area contributed by atoms with Gasteiger partial charge in [-0.3, -0.25) is 4.68 Å². The van der Waals surface area contributed by atoms with Crippen molar-refractivity contribution < 1.29 is 9.47 Å². The highest BCUT2D eigenvalue weighted by molar-refractivity contribution is 5.46. The van der Waals surface area contributed by atoms with E-state index in [1.165, 1.54) is 32.1 Å². The minimum Gasteiger partial charge on any atom is -0.475 e. The number of hydrogen-bond donors (Lipinski definition) is 1. The van der Waals surface area contributed by atoms with Crippen LogP contribution in [0.3, 0.4) is 0 Å². The molecule has 0 amide bonds. The Balaban J connectivity index is 1.92. The first kappa shape index (κ1) is 14.2. The first-order valence-electron chi connectivity index (χ1n) is 7.17. The van der Waals surface area contributed by atoms with Crippen LogP contribution in [0.4, 0.5) is 5.69 Å². The molecule has 1 aromatic heterocycles. The molecule has 2 rings (SSSR count). The zero-order valence-corrected chi connectivity index (χ0v) is 12.0. The molecule has 0 aromatic carbocycles. The number of anilines is 1. The summed E-state index contributed by atoms with van der Waals surface area (Å²) in [6.07, 6.45) is 8.20. The first-order valence-corrected chi connectivity index (χ1v) is 7.17. The highest BCUT2D eigenvalue weighted by Gasteiger charge is 2.18. The summed E-state index contributed by atoms with van der Waals surface area (Å²) in [7, 11) is 1.70. The third-order valence-corrected chi connectivity index (χ3v) is 3.63. The number of ether oxygens (including phenoxy) is 2. The molecule has 1 atom stereocenters. The van der Waals surface area contributed by atoms with Crippen molar-refractivity contribution in [1.29, 1.82) is 0 Å². The van der Waals surface area contributed by atoms with Crippen LogP contribution in [0.2, 0.25) is 0 Å². The standard InChI is InChI=1S/C14H25N3O2/c1-11(9-18-2)10-19-14-13(15)8-17(16-14)12-6-4-3-5-7-12/h8,11-12H,3-7,9-10,15H2,1-2H3. The SMILES string of the molecule is COCC(C)COc1nn(C2CCCCC2)cc1N. The van der Waals surface area contributed by atoms with Crippen molar-refractivity contribution in [1.82, 2.24) is 9.78 Å². The normalized spacial score (nSPS) is 18.4. The van der Waals surface area contributed by atoms with Crippen molar-refractivity contribution >= 4 is 5.69 Å². The Kier molecular flexibility index (Phi) is 5.07. The average Bonchev–Trinajstić information content (AvgIpc) is 2.79. The maximum absolute atomic E-state index is 5.97. The summed E-state index contributed by atoms with van der Waals surface area (Å²) in [5.41, 5.74) is 6.60. The van der Waals surface area contributed by atoms with Crippen LogP contribution in [0, 0.1) is 5.92 Å². The van der Waals surface area contributed by atoms with Gasteiger partial charge in [0.05, 0.1) is 25.5 Å². The second kappa shape index (κ2) is 6.80. The van der Waals surface area contributed by atoms with E-state index in [-0.39, 0.29) is 0 Å². The summed E-state index contributed by atoms with van der Waals surface area (Å²) in [4.78, 5) is 0. The maximum atomic E-state index is 5.97. The lowest BCUT2D eigenvalue weighted by Gasteiger charge is -2.21. The van der Waals surface area contributed by atoms with Gasteiger partial charge in [0.2, 0.25) is 0 Å². The Morgan fingerprint density at radius 2 is 2.11 bits per heavy atom. The van der Waals surface area contributed by atoms with E-state index in [0.717, 1.165) is 0 Å². The molecule has 1 aromatic rings. The molecular formula is C14H25N3O2. The van der Waals surface area contributed by atoms with E-state index in [0.29, 0.717) is 36.7 Å². The van der Waals surface area contributed by atoms with Crippen molar-refractivity contribution in [3.8, 4) is 5.88 Å². The summed E-state index contributed by atoms with van der Waals surface area (Å²) in [5.74, 6) is 0.901. The van der Waals surface area contributed by atoms with Gasteiger partial charge in [0, 0.05) is 13.0 Å². The number of nitrogens with zero attached hydrogens (tertiary/aromatic N) is 2. The van der Waals surface area contributed by atoms with Crippen LogP contribution >= 0.6 is 0 Å². The van der Waals surface area contributed by atoms with Crippen LogP contribution in [-0.2, 0) is 4.74 Å². The smallest absolute Gasteiger partial charge is 0.256 e. The number of nitrogen functional groups attached to an aromatic ring is 1. The molecule has 0 saturated heterocycles. The Hall–Kier alpha value is -1.23. The Morgan fingerprint density at radius 1 is 1.37 bits per heavy atom. The van der Waals surface area contributed by atoms with E-state index in [1.807, 2.05) is 10.9 Å². The van der Waals surface area contributed by atoms with E-state index in [2.05, 4.69) is 12.0 Å². The van der Waals surface area contributed by atoms with Crippen LogP contribution < -0.4 is 10.5 Å². The molecule has 0 bridgehead atoms. The van der Waals surface area contributed by atoms with E-state index >= 15 is 0 Å². The fraction of sp³-hybridized carbons (Fsp3) is 0.786. The molecule has 19 heavy (non-hydrogen) atoms. The summed E-state index contributed by atoms with van der Waals surface area (Å²) >= 11 is 0. The van der Waals surface area contributed by atoms with E-state index < -0.39 is 0 Å². The number of hydrogen-bond acceptors (Lipinski definition) is 4. The summed E-state index contributed by atoms with van der Waals surface area (Å²) in [5, 5.41) is 4.49. The third-order valence-electron chi connectivity index (χ3n) is 3.63. The molecule has 5 heteroatoms. The molecule has 1 unspecified atom stereocenters. The van der Waals surface area contributed by atoms with Gasteiger partial charge >= 0.3 is 0 Å². The Bertz CT molecular complexity index is 386. The van der Waals surface area contributed by atoms with Crippen molar-refractivity contribution in [2.24, 2.45) is 5.92 Å². The minimum atomic E-state index is 0.337. The molecule has 1 heterocycles. The second-order valence-corrected chi connectivity index (χ2v) is 5.53. The zero-order chi connectivity index (χ0) is 13.7.